The Morgan fingerprint density at radius 3 is 3.00 bits per heavy atom. The number of amides is 1. The molecule has 4 heteroatoms. The molecule has 2 aromatic rings. The maximum atomic E-state index is 12.0. The molecule has 4 nitrogen and oxygen atoms in total. The lowest BCUT2D eigenvalue weighted by Crippen LogP contribution is -2.18. The molecule has 0 radical (unpaired) electrons. The van der Waals surface area contributed by atoms with Gasteiger partial charge < -0.3 is 5.32 Å². The molecule has 2 heterocycles. The predicted octanol–water partition coefficient (Wildman–Crippen LogP) is 3.24. The quantitative estimate of drug-likeness (QED) is 0.917. The first-order valence-corrected chi connectivity index (χ1v) is 7.04. The van der Waals surface area contributed by atoms with E-state index >= 15 is 0 Å². The number of aromatic nitrogens is 2. The van der Waals surface area contributed by atoms with Crippen LogP contribution in [-0.4, -0.2) is 15.5 Å². The summed E-state index contributed by atoms with van der Waals surface area (Å²) in [4.78, 5) is 12.0. The van der Waals surface area contributed by atoms with Crippen molar-refractivity contribution in [1.82, 2.24) is 9.61 Å². The number of fused-ring (bicyclic) bond motifs is 1. The minimum absolute atomic E-state index is 0.135. The minimum atomic E-state index is 0.135. The van der Waals surface area contributed by atoms with Crippen molar-refractivity contribution in [1.29, 1.82) is 0 Å². The van der Waals surface area contributed by atoms with Gasteiger partial charge in [-0.25, -0.2) is 4.52 Å². The van der Waals surface area contributed by atoms with Crippen LogP contribution >= 0.6 is 0 Å². The maximum absolute atomic E-state index is 12.0. The number of rotatable bonds is 3. The topological polar surface area (TPSA) is 46.4 Å². The molecule has 2 aromatic heterocycles. The van der Waals surface area contributed by atoms with E-state index in [9.17, 15) is 4.79 Å². The van der Waals surface area contributed by atoms with E-state index in [0.29, 0.717) is 12.3 Å². The third-order valence-corrected chi connectivity index (χ3v) is 3.88. The second-order valence-electron chi connectivity index (χ2n) is 5.37. The predicted molar refractivity (Wildman–Crippen MR) is 75.0 cm³/mol. The fourth-order valence-electron chi connectivity index (χ4n) is 2.86. The highest BCUT2D eigenvalue weighted by molar-refractivity contribution is 5.91. The van der Waals surface area contributed by atoms with Crippen LogP contribution in [-0.2, 0) is 4.79 Å². The summed E-state index contributed by atoms with van der Waals surface area (Å²) >= 11 is 0. The first-order valence-electron chi connectivity index (χ1n) is 7.04. The van der Waals surface area contributed by atoms with Crippen LogP contribution in [0, 0.1) is 5.92 Å². The van der Waals surface area contributed by atoms with E-state index in [4.69, 9.17) is 0 Å². The van der Waals surface area contributed by atoms with Gasteiger partial charge in [0.1, 0.15) is 0 Å². The van der Waals surface area contributed by atoms with Crippen molar-refractivity contribution in [2.24, 2.45) is 5.92 Å². The van der Waals surface area contributed by atoms with E-state index in [2.05, 4.69) is 10.4 Å². The first kappa shape index (κ1) is 12.2. The van der Waals surface area contributed by atoms with E-state index in [1.165, 1.54) is 32.1 Å². The van der Waals surface area contributed by atoms with E-state index in [1.807, 2.05) is 24.4 Å². The molecule has 0 atom stereocenters. The van der Waals surface area contributed by atoms with E-state index < -0.39 is 0 Å². The summed E-state index contributed by atoms with van der Waals surface area (Å²) in [5, 5.41) is 7.13. The molecule has 0 saturated heterocycles. The van der Waals surface area contributed by atoms with Crippen LogP contribution in [0.1, 0.15) is 38.5 Å². The second kappa shape index (κ2) is 5.43. The van der Waals surface area contributed by atoms with E-state index in [-0.39, 0.29) is 5.91 Å². The zero-order valence-electron chi connectivity index (χ0n) is 11.0. The summed E-state index contributed by atoms with van der Waals surface area (Å²) in [7, 11) is 0. The van der Waals surface area contributed by atoms with Gasteiger partial charge in [-0.15, -0.1) is 0 Å². The molecule has 1 aliphatic rings. The average Bonchev–Trinajstić information content (AvgIpc) is 2.87. The van der Waals surface area contributed by atoms with Crippen molar-refractivity contribution in [3.8, 4) is 0 Å². The summed E-state index contributed by atoms with van der Waals surface area (Å²) in [5.74, 6) is 0.711. The van der Waals surface area contributed by atoms with Crippen molar-refractivity contribution >= 4 is 17.1 Å². The van der Waals surface area contributed by atoms with Gasteiger partial charge in [-0.2, -0.15) is 5.10 Å². The molecular weight excluding hydrogens is 238 g/mol. The highest BCUT2D eigenvalue weighted by Gasteiger charge is 2.17. The fourth-order valence-corrected chi connectivity index (χ4v) is 2.86. The highest BCUT2D eigenvalue weighted by atomic mass is 16.1. The van der Waals surface area contributed by atoms with Crippen LogP contribution in [0.15, 0.2) is 30.6 Å². The van der Waals surface area contributed by atoms with Crippen molar-refractivity contribution in [3.05, 3.63) is 30.6 Å². The zero-order valence-corrected chi connectivity index (χ0v) is 11.0. The maximum Gasteiger partial charge on any atom is 0.224 e. The smallest absolute Gasteiger partial charge is 0.224 e. The Bertz CT molecular complexity index is 570. The van der Waals surface area contributed by atoms with Crippen LogP contribution < -0.4 is 5.32 Å². The standard InChI is InChI=1S/C15H19N3O/c19-15(10-12-4-2-1-3-5-12)17-13-7-9-18-14(11-13)6-8-16-18/h6-9,11-12H,1-5,10H2,(H,17,19). The zero-order chi connectivity index (χ0) is 13.1. The minimum Gasteiger partial charge on any atom is -0.326 e. The van der Waals surface area contributed by atoms with Crippen LogP contribution in [0.3, 0.4) is 0 Å². The normalized spacial score (nSPS) is 16.6. The third kappa shape index (κ3) is 2.95. The Hall–Kier alpha value is -1.84. The van der Waals surface area contributed by atoms with Crippen LogP contribution in [0.25, 0.3) is 5.52 Å². The molecule has 1 aliphatic carbocycles. The van der Waals surface area contributed by atoms with Crippen molar-refractivity contribution in [2.75, 3.05) is 5.32 Å². The van der Waals surface area contributed by atoms with Crippen molar-refractivity contribution in [3.63, 3.8) is 0 Å². The molecule has 0 aliphatic heterocycles. The van der Waals surface area contributed by atoms with Gasteiger partial charge >= 0.3 is 0 Å². The lowest BCUT2D eigenvalue weighted by Gasteiger charge is -2.20. The number of carbonyl (C=O) groups is 1. The van der Waals surface area contributed by atoms with Gasteiger partial charge in [0.05, 0.1) is 5.52 Å². The summed E-state index contributed by atoms with van der Waals surface area (Å²) in [6.07, 6.45) is 10.6. The van der Waals surface area contributed by atoms with Crippen LogP contribution in [0.4, 0.5) is 5.69 Å². The van der Waals surface area contributed by atoms with Crippen LogP contribution in [0.2, 0.25) is 0 Å². The molecular formula is C15H19N3O. The Morgan fingerprint density at radius 1 is 1.32 bits per heavy atom. The molecule has 19 heavy (non-hydrogen) atoms. The molecule has 1 saturated carbocycles. The largest absolute Gasteiger partial charge is 0.326 e. The number of anilines is 1. The highest BCUT2D eigenvalue weighted by Crippen LogP contribution is 2.26. The van der Waals surface area contributed by atoms with Gasteiger partial charge in [0.15, 0.2) is 0 Å². The summed E-state index contributed by atoms with van der Waals surface area (Å²) in [6.45, 7) is 0. The third-order valence-electron chi connectivity index (χ3n) is 3.88. The molecule has 1 N–H and O–H groups in total. The van der Waals surface area contributed by atoms with Crippen LogP contribution in [0.5, 0.6) is 0 Å². The monoisotopic (exact) mass is 257 g/mol. The number of pyridine rings is 1. The number of nitrogens with one attached hydrogen (secondary N) is 1. The van der Waals surface area contributed by atoms with Crippen molar-refractivity contribution < 1.29 is 4.79 Å². The van der Waals surface area contributed by atoms with Gasteiger partial charge in [-0.05, 0) is 37.0 Å². The van der Waals surface area contributed by atoms with Gasteiger partial charge in [-0.1, -0.05) is 19.3 Å². The fraction of sp³-hybridized carbons (Fsp3) is 0.467. The van der Waals surface area contributed by atoms with Gasteiger partial charge in [-0.3, -0.25) is 4.79 Å². The summed E-state index contributed by atoms with van der Waals surface area (Å²) in [6, 6.07) is 5.77. The molecule has 3 rings (SSSR count). The number of hydrogen-bond donors (Lipinski definition) is 1. The van der Waals surface area contributed by atoms with E-state index in [1.54, 1.807) is 10.7 Å². The number of hydrogen-bond acceptors (Lipinski definition) is 2. The molecule has 100 valence electrons. The molecule has 0 aromatic carbocycles. The van der Waals surface area contributed by atoms with E-state index in [0.717, 1.165) is 11.2 Å². The Labute approximate surface area is 112 Å². The number of carbonyl (C=O) groups excluding carboxylic acids is 1. The lowest BCUT2D eigenvalue weighted by molar-refractivity contribution is -0.117. The second-order valence-corrected chi connectivity index (χ2v) is 5.37. The van der Waals surface area contributed by atoms with Gasteiger partial charge in [0.2, 0.25) is 5.91 Å². The molecule has 0 unspecified atom stereocenters. The SMILES string of the molecule is O=C(CC1CCCCC1)Nc1ccn2nccc2c1. The number of nitrogens with zero attached hydrogens (tertiary/aromatic N) is 2. The molecule has 0 spiro atoms. The molecule has 0 bridgehead atoms. The molecule has 1 amide bonds. The molecule has 1 fully saturated rings. The summed E-state index contributed by atoms with van der Waals surface area (Å²) < 4.78 is 1.79. The average molecular weight is 257 g/mol. The van der Waals surface area contributed by atoms with Gasteiger partial charge in [0.25, 0.3) is 0 Å². The summed E-state index contributed by atoms with van der Waals surface area (Å²) in [5.41, 5.74) is 1.85. The Balaban J connectivity index is 1.61. The first-order chi connectivity index (χ1) is 9.31. The Morgan fingerprint density at radius 2 is 2.16 bits per heavy atom. The van der Waals surface area contributed by atoms with Crippen molar-refractivity contribution in [2.45, 2.75) is 38.5 Å². The Kier molecular flexibility index (Phi) is 3.49. The lowest BCUT2D eigenvalue weighted by atomic mass is 9.87. The van der Waals surface area contributed by atoms with Gasteiger partial charge in [0, 0.05) is 24.5 Å².